The molecular formula is C36H42F4N4. The number of nitrogens with zero attached hydrogens (tertiary/aromatic N) is 4. The molecule has 0 saturated heterocycles. The zero-order valence-electron chi connectivity index (χ0n) is 26.4. The average molecular weight is 607 g/mol. The summed E-state index contributed by atoms with van der Waals surface area (Å²) in [5, 5.41) is 11.9. The normalized spacial score (nSPS) is 11.8. The number of alkyl halides is 4. The summed E-state index contributed by atoms with van der Waals surface area (Å²) in [7, 11) is 1.97. The highest BCUT2D eigenvalue weighted by Crippen LogP contribution is 2.41. The van der Waals surface area contributed by atoms with E-state index < -0.39 is 12.7 Å². The van der Waals surface area contributed by atoms with E-state index in [1.807, 2.05) is 42.5 Å². The lowest BCUT2D eigenvalue weighted by Gasteiger charge is -2.28. The van der Waals surface area contributed by atoms with Crippen LogP contribution in [-0.2, 0) is 0 Å². The van der Waals surface area contributed by atoms with Crippen molar-refractivity contribution >= 4 is 27.8 Å². The van der Waals surface area contributed by atoms with Gasteiger partial charge in [-0.05, 0) is 80.1 Å². The Labute approximate surface area is 259 Å². The molecule has 1 unspecified atom stereocenters. The maximum atomic E-state index is 13.3. The van der Waals surface area contributed by atoms with Gasteiger partial charge in [-0.2, -0.15) is 18.4 Å². The molecule has 0 radical (unpaired) electrons. The molecule has 0 aliphatic heterocycles. The van der Waals surface area contributed by atoms with Gasteiger partial charge in [-0.3, -0.25) is 4.39 Å². The van der Waals surface area contributed by atoms with Crippen LogP contribution in [0.3, 0.4) is 0 Å². The molecule has 8 heteroatoms. The molecule has 0 saturated carbocycles. The quantitative estimate of drug-likeness (QED) is 0.126. The number of fused-ring (bicyclic) bond motifs is 1. The standard InChI is InChI=1S/C35H39F3N4.CH3F/c1-6-41(7-2)27-16-14-25(15-17-27)34(29-19-18-28(22-26(29)23-39)42(8-3)9-4)32-20-21-33(40(5)24-35(36,37)38)31-13-11-10-12-30(31)32;1-2/h10-22,34H,6-9,24H2,1-5H3;1H3. The van der Waals surface area contributed by atoms with E-state index in [1.165, 1.54) is 11.9 Å². The Morgan fingerprint density at radius 1 is 0.705 bits per heavy atom. The van der Waals surface area contributed by atoms with E-state index >= 15 is 0 Å². The number of anilines is 3. The van der Waals surface area contributed by atoms with Gasteiger partial charge < -0.3 is 14.7 Å². The summed E-state index contributed by atoms with van der Waals surface area (Å²) in [6, 6.07) is 28.2. The molecule has 0 aliphatic carbocycles. The third-order valence-corrected chi connectivity index (χ3v) is 8.03. The Kier molecular flexibility index (Phi) is 12.0. The van der Waals surface area contributed by atoms with Gasteiger partial charge in [0, 0.05) is 61.6 Å². The summed E-state index contributed by atoms with van der Waals surface area (Å²) in [4.78, 5) is 5.73. The van der Waals surface area contributed by atoms with Gasteiger partial charge in [0.2, 0.25) is 0 Å². The molecule has 0 aromatic heterocycles. The summed E-state index contributed by atoms with van der Waals surface area (Å²) in [6.45, 7) is 10.8. The van der Waals surface area contributed by atoms with E-state index in [-0.39, 0.29) is 5.92 Å². The van der Waals surface area contributed by atoms with Crippen molar-refractivity contribution < 1.29 is 17.6 Å². The zero-order valence-corrected chi connectivity index (χ0v) is 26.4. The van der Waals surface area contributed by atoms with Crippen molar-refractivity contribution in [2.75, 3.05) is 61.6 Å². The predicted molar refractivity (Wildman–Crippen MR) is 176 cm³/mol. The lowest BCUT2D eigenvalue weighted by Crippen LogP contribution is -2.31. The van der Waals surface area contributed by atoms with Crippen LogP contribution in [0, 0.1) is 11.3 Å². The molecule has 0 fully saturated rings. The van der Waals surface area contributed by atoms with Crippen molar-refractivity contribution in [2.45, 2.75) is 39.8 Å². The van der Waals surface area contributed by atoms with Crippen LogP contribution in [0.15, 0.2) is 78.9 Å². The number of benzene rings is 4. The second-order valence-corrected chi connectivity index (χ2v) is 10.4. The minimum atomic E-state index is -4.32. The van der Waals surface area contributed by atoms with E-state index in [2.05, 4.69) is 73.9 Å². The third kappa shape index (κ3) is 7.63. The fourth-order valence-corrected chi connectivity index (χ4v) is 5.92. The van der Waals surface area contributed by atoms with E-state index in [0.717, 1.165) is 65.0 Å². The average Bonchev–Trinajstić information content (AvgIpc) is 3.03. The molecular weight excluding hydrogens is 564 g/mol. The SMILES string of the molecule is CCN(CC)c1ccc(C(c2ccc(N(CC)CC)cc2C#N)c2ccc(N(C)CC(F)(F)F)c3ccccc23)cc1.CF. The van der Waals surface area contributed by atoms with Crippen molar-refractivity contribution in [3.8, 4) is 6.07 Å². The minimum absolute atomic E-state index is 0.303. The highest BCUT2D eigenvalue weighted by Gasteiger charge is 2.30. The molecule has 4 aromatic carbocycles. The van der Waals surface area contributed by atoms with Crippen molar-refractivity contribution in [1.82, 2.24) is 0 Å². The summed E-state index contributed by atoms with van der Waals surface area (Å²) in [5.74, 6) is -0.303. The first-order valence-electron chi connectivity index (χ1n) is 15.0. The smallest absolute Gasteiger partial charge is 0.372 e. The molecule has 234 valence electrons. The molecule has 0 heterocycles. The lowest BCUT2D eigenvalue weighted by molar-refractivity contribution is -0.119. The molecule has 0 N–H and O–H groups in total. The molecule has 4 nitrogen and oxygen atoms in total. The Bertz CT molecular complexity index is 1540. The molecule has 4 rings (SSSR count). The van der Waals surface area contributed by atoms with Crippen LogP contribution >= 0.6 is 0 Å². The fourth-order valence-electron chi connectivity index (χ4n) is 5.92. The maximum absolute atomic E-state index is 13.3. The second-order valence-electron chi connectivity index (χ2n) is 10.4. The summed E-state index contributed by atoms with van der Waals surface area (Å²) in [6.07, 6.45) is -4.32. The Morgan fingerprint density at radius 3 is 1.77 bits per heavy atom. The minimum Gasteiger partial charge on any atom is -0.372 e. The second kappa shape index (κ2) is 15.5. The summed E-state index contributed by atoms with van der Waals surface area (Å²) < 4.78 is 49.5. The maximum Gasteiger partial charge on any atom is 0.405 e. The number of nitriles is 1. The molecule has 1 atom stereocenters. The van der Waals surface area contributed by atoms with Crippen molar-refractivity contribution in [3.05, 3.63) is 101 Å². The van der Waals surface area contributed by atoms with Crippen LogP contribution in [0.5, 0.6) is 0 Å². The third-order valence-electron chi connectivity index (χ3n) is 8.03. The molecule has 4 aromatic rings. The molecule has 0 amide bonds. The first-order chi connectivity index (χ1) is 21.1. The Hall–Kier alpha value is -4.25. The van der Waals surface area contributed by atoms with Gasteiger partial charge in [0.25, 0.3) is 0 Å². The highest BCUT2D eigenvalue weighted by molar-refractivity contribution is 5.97. The van der Waals surface area contributed by atoms with Gasteiger partial charge in [-0.1, -0.05) is 48.5 Å². The van der Waals surface area contributed by atoms with Crippen LogP contribution in [0.1, 0.15) is 55.9 Å². The van der Waals surface area contributed by atoms with Crippen LogP contribution < -0.4 is 14.7 Å². The van der Waals surface area contributed by atoms with Crippen molar-refractivity contribution in [3.63, 3.8) is 0 Å². The zero-order chi connectivity index (χ0) is 32.4. The van der Waals surface area contributed by atoms with Gasteiger partial charge in [0.15, 0.2) is 0 Å². The van der Waals surface area contributed by atoms with Gasteiger partial charge >= 0.3 is 6.18 Å². The van der Waals surface area contributed by atoms with Gasteiger partial charge in [-0.15, -0.1) is 0 Å². The molecule has 44 heavy (non-hydrogen) atoms. The number of hydrogen-bond donors (Lipinski definition) is 0. The topological polar surface area (TPSA) is 33.5 Å². The fraction of sp³-hybridized carbons (Fsp3) is 0.361. The van der Waals surface area contributed by atoms with E-state index in [4.69, 9.17) is 0 Å². The summed E-state index contributed by atoms with van der Waals surface area (Å²) in [5.41, 5.74) is 6.03. The van der Waals surface area contributed by atoms with E-state index in [0.29, 0.717) is 18.4 Å². The monoisotopic (exact) mass is 606 g/mol. The number of hydrogen-bond acceptors (Lipinski definition) is 4. The largest absolute Gasteiger partial charge is 0.405 e. The van der Waals surface area contributed by atoms with Gasteiger partial charge in [0.1, 0.15) is 6.54 Å². The van der Waals surface area contributed by atoms with E-state index in [9.17, 15) is 22.8 Å². The number of halogens is 4. The van der Waals surface area contributed by atoms with Crippen LogP contribution in [0.4, 0.5) is 34.6 Å². The Morgan fingerprint density at radius 2 is 1.23 bits per heavy atom. The molecule has 0 spiro atoms. The van der Waals surface area contributed by atoms with Crippen molar-refractivity contribution in [1.29, 1.82) is 5.26 Å². The van der Waals surface area contributed by atoms with Crippen LogP contribution in [0.25, 0.3) is 10.8 Å². The molecule has 0 aliphatic rings. The first-order valence-corrected chi connectivity index (χ1v) is 15.0. The number of rotatable bonds is 11. The van der Waals surface area contributed by atoms with Gasteiger partial charge in [-0.25, -0.2) is 0 Å². The first kappa shape index (κ1) is 34.2. The van der Waals surface area contributed by atoms with Gasteiger partial charge in [0.05, 0.1) is 18.8 Å². The van der Waals surface area contributed by atoms with Crippen LogP contribution in [0.2, 0.25) is 0 Å². The van der Waals surface area contributed by atoms with Crippen LogP contribution in [-0.4, -0.2) is 53.1 Å². The predicted octanol–water partition coefficient (Wildman–Crippen LogP) is 9.17. The highest BCUT2D eigenvalue weighted by atomic mass is 19.4. The molecule has 0 bridgehead atoms. The van der Waals surface area contributed by atoms with Crippen molar-refractivity contribution in [2.24, 2.45) is 0 Å². The lowest BCUT2D eigenvalue weighted by atomic mass is 9.80. The Balaban J connectivity index is 0.00000259. The van der Waals surface area contributed by atoms with E-state index in [1.54, 1.807) is 6.07 Å². The summed E-state index contributed by atoms with van der Waals surface area (Å²) >= 11 is 0.